The first-order valence-corrected chi connectivity index (χ1v) is 7.51. The zero-order valence-electron chi connectivity index (χ0n) is 10.2. The van der Waals surface area contributed by atoms with Crippen molar-refractivity contribution in [2.24, 2.45) is 0 Å². The third kappa shape index (κ3) is 2.68. The molecule has 100 valence electrons. The van der Waals surface area contributed by atoms with Crippen molar-refractivity contribution >= 4 is 34.5 Å². The first kappa shape index (κ1) is 13.5. The van der Waals surface area contributed by atoms with E-state index < -0.39 is 0 Å². The summed E-state index contributed by atoms with van der Waals surface area (Å²) in [6.45, 7) is 0. The molecule has 0 radical (unpaired) electrons. The van der Waals surface area contributed by atoms with Crippen molar-refractivity contribution < 1.29 is 0 Å². The van der Waals surface area contributed by atoms with Crippen molar-refractivity contribution in [3.63, 3.8) is 0 Å². The van der Waals surface area contributed by atoms with E-state index in [0.29, 0.717) is 5.02 Å². The van der Waals surface area contributed by atoms with Gasteiger partial charge in [0, 0.05) is 18.0 Å². The number of benzene rings is 1. The van der Waals surface area contributed by atoms with E-state index in [1.54, 1.807) is 12.4 Å². The van der Waals surface area contributed by atoms with Crippen LogP contribution in [0.25, 0.3) is 10.6 Å². The molecule has 3 rings (SSSR count). The molecule has 3 nitrogen and oxygen atoms in total. The summed E-state index contributed by atoms with van der Waals surface area (Å²) in [4.78, 5) is 3.96. The zero-order valence-corrected chi connectivity index (χ0v) is 12.5. The molecule has 6 heteroatoms. The molecule has 3 aromatic rings. The molecule has 2 aromatic heterocycles. The molecule has 0 saturated carbocycles. The van der Waals surface area contributed by atoms with Crippen LogP contribution < -0.4 is 0 Å². The third-order valence-corrected chi connectivity index (χ3v) is 4.66. The van der Waals surface area contributed by atoms with Crippen molar-refractivity contribution in [3.05, 3.63) is 64.4 Å². The molecule has 20 heavy (non-hydrogen) atoms. The van der Waals surface area contributed by atoms with Gasteiger partial charge in [-0.05, 0) is 11.6 Å². The maximum Gasteiger partial charge on any atom is 0.149 e. The van der Waals surface area contributed by atoms with E-state index in [-0.39, 0.29) is 5.38 Å². The Morgan fingerprint density at radius 1 is 1.05 bits per heavy atom. The van der Waals surface area contributed by atoms with Gasteiger partial charge in [0.1, 0.15) is 15.4 Å². The van der Waals surface area contributed by atoms with Crippen LogP contribution in [-0.2, 0) is 0 Å². The number of halogens is 2. The molecule has 0 bridgehead atoms. The minimum absolute atomic E-state index is 0.303. The smallest absolute Gasteiger partial charge is 0.149 e. The predicted molar refractivity (Wildman–Crippen MR) is 82.3 cm³/mol. The van der Waals surface area contributed by atoms with Gasteiger partial charge >= 0.3 is 0 Å². The number of hydrogen-bond acceptors (Lipinski definition) is 4. The number of aromatic nitrogens is 3. The van der Waals surface area contributed by atoms with Gasteiger partial charge in [0.05, 0.1) is 5.02 Å². The monoisotopic (exact) mass is 321 g/mol. The summed E-state index contributed by atoms with van der Waals surface area (Å²) in [5.74, 6) is 0. The average molecular weight is 322 g/mol. The summed E-state index contributed by atoms with van der Waals surface area (Å²) < 4.78 is 0. The van der Waals surface area contributed by atoms with E-state index in [1.165, 1.54) is 11.3 Å². The first-order chi connectivity index (χ1) is 9.75. The molecule has 1 aromatic carbocycles. The van der Waals surface area contributed by atoms with Gasteiger partial charge in [0.15, 0.2) is 0 Å². The van der Waals surface area contributed by atoms with Gasteiger partial charge in [-0.15, -0.1) is 21.8 Å². The van der Waals surface area contributed by atoms with E-state index in [0.717, 1.165) is 21.1 Å². The van der Waals surface area contributed by atoms with E-state index in [1.807, 2.05) is 36.4 Å². The molecular weight excluding hydrogens is 313 g/mol. The van der Waals surface area contributed by atoms with Crippen molar-refractivity contribution in [2.45, 2.75) is 5.38 Å². The van der Waals surface area contributed by atoms with Gasteiger partial charge in [-0.3, -0.25) is 4.98 Å². The van der Waals surface area contributed by atoms with E-state index in [4.69, 9.17) is 23.2 Å². The lowest BCUT2D eigenvalue weighted by Crippen LogP contribution is -1.91. The van der Waals surface area contributed by atoms with Crippen LogP contribution in [0.1, 0.15) is 15.9 Å². The Balaban J connectivity index is 1.93. The van der Waals surface area contributed by atoms with Gasteiger partial charge in [0.25, 0.3) is 0 Å². The van der Waals surface area contributed by atoms with Crippen LogP contribution in [0.5, 0.6) is 0 Å². The minimum atomic E-state index is -0.303. The van der Waals surface area contributed by atoms with E-state index in [2.05, 4.69) is 15.2 Å². The Morgan fingerprint density at radius 3 is 2.60 bits per heavy atom. The Morgan fingerprint density at radius 2 is 1.85 bits per heavy atom. The zero-order chi connectivity index (χ0) is 13.9. The number of rotatable bonds is 3. The second-order valence-corrected chi connectivity index (χ2v) is 5.93. The fourth-order valence-corrected chi connectivity index (χ4v) is 3.24. The standard InChI is InChI=1S/C14H9Cl2N3S/c15-11-8-17-7-6-10(11)13-18-19-14(20-13)12(16)9-4-2-1-3-5-9/h1-8,12H. The summed E-state index contributed by atoms with van der Waals surface area (Å²) >= 11 is 14.0. The van der Waals surface area contributed by atoms with Gasteiger partial charge in [-0.2, -0.15) is 0 Å². The Kier molecular flexibility index (Phi) is 3.96. The van der Waals surface area contributed by atoms with Crippen LogP contribution >= 0.6 is 34.5 Å². The van der Waals surface area contributed by atoms with Gasteiger partial charge < -0.3 is 0 Å². The Bertz CT molecular complexity index is 715. The molecule has 0 saturated heterocycles. The summed E-state index contributed by atoms with van der Waals surface area (Å²) in [5, 5.41) is 10.1. The van der Waals surface area contributed by atoms with E-state index >= 15 is 0 Å². The van der Waals surface area contributed by atoms with Crippen LogP contribution in [0.2, 0.25) is 5.02 Å². The number of alkyl halides is 1. The molecule has 0 fully saturated rings. The molecule has 0 spiro atoms. The highest BCUT2D eigenvalue weighted by molar-refractivity contribution is 7.15. The lowest BCUT2D eigenvalue weighted by atomic mass is 10.1. The highest BCUT2D eigenvalue weighted by Crippen LogP contribution is 2.35. The van der Waals surface area contributed by atoms with Crippen LogP contribution in [0, 0.1) is 0 Å². The normalized spacial score (nSPS) is 12.3. The predicted octanol–water partition coefficient (Wildman–Crippen LogP) is 4.58. The lowest BCUT2D eigenvalue weighted by molar-refractivity contribution is 0.988. The van der Waals surface area contributed by atoms with Crippen molar-refractivity contribution in [1.29, 1.82) is 0 Å². The van der Waals surface area contributed by atoms with Gasteiger partial charge in [-0.25, -0.2) is 0 Å². The van der Waals surface area contributed by atoms with Crippen LogP contribution in [0.3, 0.4) is 0 Å². The van der Waals surface area contributed by atoms with Crippen molar-refractivity contribution in [2.75, 3.05) is 0 Å². The topological polar surface area (TPSA) is 38.7 Å². The summed E-state index contributed by atoms with van der Waals surface area (Å²) in [7, 11) is 0. The first-order valence-electron chi connectivity index (χ1n) is 5.88. The fraction of sp³-hybridized carbons (Fsp3) is 0.0714. The number of hydrogen-bond donors (Lipinski definition) is 0. The second-order valence-electron chi connectivity index (χ2n) is 4.07. The average Bonchev–Trinajstić information content (AvgIpc) is 2.97. The molecular formula is C14H9Cl2N3S. The lowest BCUT2D eigenvalue weighted by Gasteiger charge is -2.04. The van der Waals surface area contributed by atoms with Crippen LogP contribution in [0.4, 0.5) is 0 Å². The largest absolute Gasteiger partial charge is 0.263 e. The van der Waals surface area contributed by atoms with Gasteiger partial charge in [-0.1, -0.05) is 53.3 Å². The van der Waals surface area contributed by atoms with Crippen LogP contribution in [0.15, 0.2) is 48.8 Å². The minimum Gasteiger partial charge on any atom is -0.263 e. The molecule has 0 aliphatic carbocycles. The molecule has 0 aliphatic rings. The molecule has 1 unspecified atom stereocenters. The highest BCUT2D eigenvalue weighted by atomic mass is 35.5. The SMILES string of the molecule is Clc1cnccc1-c1nnc(C(Cl)c2ccccc2)s1. The summed E-state index contributed by atoms with van der Waals surface area (Å²) in [6, 6.07) is 11.6. The number of pyridine rings is 1. The maximum atomic E-state index is 6.43. The maximum absolute atomic E-state index is 6.43. The van der Waals surface area contributed by atoms with Crippen LogP contribution in [-0.4, -0.2) is 15.2 Å². The molecule has 0 amide bonds. The van der Waals surface area contributed by atoms with Crippen molar-refractivity contribution in [1.82, 2.24) is 15.2 Å². The van der Waals surface area contributed by atoms with Crippen molar-refractivity contribution in [3.8, 4) is 10.6 Å². The highest BCUT2D eigenvalue weighted by Gasteiger charge is 2.17. The molecule has 0 aliphatic heterocycles. The summed E-state index contributed by atoms with van der Waals surface area (Å²) in [5.41, 5.74) is 1.82. The Labute approximate surface area is 130 Å². The van der Waals surface area contributed by atoms with E-state index in [9.17, 15) is 0 Å². The fourth-order valence-electron chi connectivity index (χ4n) is 1.76. The van der Waals surface area contributed by atoms with Gasteiger partial charge in [0.2, 0.25) is 0 Å². The third-order valence-electron chi connectivity index (χ3n) is 2.75. The molecule has 1 atom stereocenters. The number of nitrogens with zero attached hydrogens (tertiary/aromatic N) is 3. The summed E-state index contributed by atoms with van der Waals surface area (Å²) in [6.07, 6.45) is 3.27. The molecule has 2 heterocycles. The Hall–Kier alpha value is -1.49. The molecule has 0 N–H and O–H groups in total. The second kappa shape index (κ2) is 5.87. The quantitative estimate of drug-likeness (QED) is 0.663.